The number of hydrogen-bond acceptors (Lipinski definition) is 2. The van der Waals surface area contributed by atoms with Crippen molar-refractivity contribution in [3.63, 3.8) is 0 Å². The quantitative estimate of drug-likeness (QED) is 0.786. The second-order valence-corrected chi connectivity index (χ2v) is 4.54. The van der Waals surface area contributed by atoms with Gasteiger partial charge < -0.3 is 5.11 Å². The molecule has 0 radical (unpaired) electrons. The van der Waals surface area contributed by atoms with Crippen molar-refractivity contribution in [1.82, 2.24) is 9.38 Å². The van der Waals surface area contributed by atoms with Gasteiger partial charge in [-0.05, 0) is 24.3 Å². The Kier molecular flexibility index (Phi) is 2.91. The summed E-state index contributed by atoms with van der Waals surface area (Å²) in [5.74, 6) is -1.14. The van der Waals surface area contributed by atoms with Crippen LogP contribution in [0.15, 0.2) is 42.6 Å². The summed E-state index contributed by atoms with van der Waals surface area (Å²) >= 11 is 6.01. The van der Waals surface area contributed by atoms with E-state index in [4.69, 9.17) is 16.7 Å². The number of halogens is 2. The molecule has 2 aromatic heterocycles. The molecular weight excluding hydrogens is 283 g/mol. The number of carbonyl (C=O) groups is 1. The molecule has 3 aromatic rings. The zero-order chi connectivity index (χ0) is 14.3. The van der Waals surface area contributed by atoms with Gasteiger partial charge in [-0.15, -0.1) is 0 Å². The predicted molar refractivity (Wildman–Crippen MR) is 72.6 cm³/mol. The molecule has 0 bridgehead atoms. The molecule has 0 aliphatic carbocycles. The van der Waals surface area contributed by atoms with E-state index in [1.165, 1.54) is 24.4 Å². The van der Waals surface area contributed by atoms with Gasteiger partial charge in [-0.2, -0.15) is 0 Å². The average molecular weight is 291 g/mol. The van der Waals surface area contributed by atoms with Crippen LogP contribution in [0, 0.1) is 5.82 Å². The Labute approximate surface area is 118 Å². The first-order valence-corrected chi connectivity index (χ1v) is 6.11. The zero-order valence-electron chi connectivity index (χ0n) is 10.0. The lowest BCUT2D eigenvalue weighted by Gasteiger charge is -2.03. The van der Waals surface area contributed by atoms with Crippen LogP contribution in [0.25, 0.3) is 16.9 Å². The first kappa shape index (κ1) is 12.6. The lowest BCUT2D eigenvalue weighted by molar-refractivity contribution is 0.0697. The van der Waals surface area contributed by atoms with Gasteiger partial charge in [0.05, 0.1) is 16.6 Å². The Morgan fingerprint density at radius 1 is 1.30 bits per heavy atom. The third-order valence-electron chi connectivity index (χ3n) is 2.96. The first-order chi connectivity index (χ1) is 9.58. The van der Waals surface area contributed by atoms with Crippen LogP contribution in [-0.4, -0.2) is 20.5 Å². The maximum Gasteiger partial charge on any atom is 0.335 e. The average Bonchev–Trinajstić information content (AvgIpc) is 2.76. The third-order valence-corrected chi connectivity index (χ3v) is 3.24. The Balaban J connectivity index is 2.29. The number of hydrogen-bond donors (Lipinski definition) is 1. The molecule has 0 amide bonds. The second kappa shape index (κ2) is 4.61. The smallest absolute Gasteiger partial charge is 0.335 e. The molecule has 0 aliphatic heterocycles. The largest absolute Gasteiger partial charge is 0.478 e. The Hall–Kier alpha value is -2.40. The fraction of sp³-hybridized carbons (Fsp3) is 0. The Bertz CT molecular complexity index is 829. The predicted octanol–water partition coefficient (Wildman–Crippen LogP) is 3.49. The Morgan fingerprint density at radius 3 is 2.75 bits per heavy atom. The molecule has 4 nitrogen and oxygen atoms in total. The zero-order valence-corrected chi connectivity index (χ0v) is 10.8. The van der Waals surface area contributed by atoms with Gasteiger partial charge in [-0.3, -0.25) is 4.40 Å². The molecule has 20 heavy (non-hydrogen) atoms. The molecule has 1 N–H and O–H groups in total. The van der Waals surface area contributed by atoms with Crippen molar-refractivity contribution in [2.45, 2.75) is 0 Å². The van der Waals surface area contributed by atoms with Crippen LogP contribution in [0.3, 0.4) is 0 Å². The number of aromatic carboxylic acids is 1. The molecule has 0 saturated heterocycles. The number of carboxylic acid groups (broad SMARTS) is 1. The van der Waals surface area contributed by atoms with Crippen LogP contribution in [0.5, 0.6) is 0 Å². The fourth-order valence-electron chi connectivity index (χ4n) is 2.01. The molecule has 0 aliphatic rings. The van der Waals surface area contributed by atoms with E-state index in [1.807, 2.05) is 0 Å². The molecule has 0 atom stereocenters. The summed E-state index contributed by atoms with van der Waals surface area (Å²) in [6.07, 6.45) is 1.51. The summed E-state index contributed by atoms with van der Waals surface area (Å²) in [6, 6.07) is 9.01. The monoisotopic (exact) mass is 290 g/mol. The number of nitrogens with zero attached hydrogens (tertiary/aromatic N) is 2. The van der Waals surface area contributed by atoms with Crippen LogP contribution in [0.2, 0.25) is 5.15 Å². The van der Waals surface area contributed by atoms with Gasteiger partial charge in [0.15, 0.2) is 5.15 Å². The van der Waals surface area contributed by atoms with Crippen molar-refractivity contribution in [1.29, 1.82) is 0 Å². The van der Waals surface area contributed by atoms with Crippen LogP contribution in [0.1, 0.15) is 10.4 Å². The van der Waals surface area contributed by atoms with E-state index < -0.39 is 11.8 Å². The first-order valence-electron chi connectivity index (χ1n) is 5.74. The number of imidazole rings is 1. The van der Waals surface area contributed by atoms with Gasteiger partial charge >= 0.3 is 5.97 Å². The third kappa shape index (κ3) is 1.92. The maximum absolute atomic E-state index is 13.8. The highest BCUT2D eigenvalue weighted by molar-refractivity contribution is 6.33. The van der Waals surface area contributed by atoms with E-state index >= 15 is 0 Å². The van der Waals surface area contributed by atoms with Gasteiger partial charge in [0.25, 0.3) is 0 Å². The number of aromatic nitrogens is 2. The van der Waals surface area contributed by atoms with E-state index in [9.17, 15) is 9.18 Å². The SMILES string of the molecule is O=C(O)c1ccn2c(-c3ccccc3F)nc(Cl)c2c1. The van der Waals surface area contributed by atoms with Gasteiger partial charge in [-0.25, -0.2) is 14.2 Å². The van der Waals surface area contributed by atoms with Crippen LogP contribution >= 0.6 is 11.6 Å². The van der Waals surface area contributed by atoms with Gasteiger partial charge in [0.2, 0.25) is 0 Å². The highest BCUT2D eigenvalue weighted by Gasteiger charge is 2.15. The highest BCUT2D eigenvalue weighted by atomic mass is 35.5. The standard InChI is InChI=1S/C14H8ClFN2O2/c15-12-11-7-8(14(19)20)5-6-18(11)13(17-12)9-3-1-2-4-10(9)16/h1-7H,(H,19,20). The lowest BCUT2D eigenvalue weighted by Crippen LogP contribution is -1.98. The molecule has 0 spiro atoms. The molecular formula is C14H8ClFN2O2. The van der Waals surface area contributed by atoms with Gasteiger partial charge in [-0.1, -0.05) is 23.7 Å². The van der Waals surface area contributed by atoms with E-state index in [0.717, 1.165) is 0 Å². The molecule has 100 valence electrons. The highest BCUT2D eigenvalue weighted by Crippen LogP contribution is 2.27. The Morgan fingerprint density at radius 2 is 2.05 bits per heavy atom. The second-order valence-electron chi connectivity index (χ2n) is 4.18. The summed E-state index contributed by atoms with van der Waals surface area (Å²) in [6.45, 7) is 0. The van der Waals surface area contributed by atoms with E-state index in [1.54, 1.807) is 22.6 Å². The molecule has 0 saturated carbocycles. The van der Waals surface area contributed by atoms with Crippen LogP contribution in [0.4, 0.5) is 4.39 Å². The fourth-order valence-corrected chi connectivity index (χ4v) is 2.24. The number of rotatable bonds is 2. The van der Waals surface area contributed by atoms with Crippen molar-refractivity contribution < 1.29 is 14.3 Å². The van der Waals surface area contributed by atoms with Crippen LogP contribution < -0.4 is 0 Å². The molecule has 0 fully saturated rings. The molecule has 6 heteroatoms. The summed E-state index contributed by atoms with van der Waals surface area (Å²) < 4.78 is 15.4. The number of carboxylic acids is 1. The van der Waals surface area contributed by atoms with Crippen LogP contribution in [-0.2, 0) is 0 Å². The van der Waals surface area contributed by atoms with Crippen molar-refractivity contribution >= 4 is 23.1 Å². The lowest BCUT2D eigenvalue weighted by atomic mass is 10.2. The molecule has 0 unspecified atom stereocenters. The maximum atomic E-state index is 13.8. The van der Waals surface area contributed by atoms with Crippen molar-refractivity contribution in [3.8, 4) is 11.4 Å². The van der Waals surface area contributed by atoms with Crippen molar-refractivity contribution in [2.75, 3.05) is 0 Å². The minimum absolute atomic E-state index is 0.0967. The topological polar surface area (TPSA) is 54.6 Å². The summed E-state index contributed by atoms with van der Waals surface area (Å²) in [5.41, 5.74) is 0.821. The number of fused-ring (bicyclic) bond motifs is 1. The number of benzene rings is 1. The summed E-state index contributed by atoms with van der Waals surface area (Å²) in [5, 5.41) is 9.10. The minimum atomic E-state index is -1.06. The van der Waals surface area contributed by atoms with E-state index in [-0.39, 0.29) is 10.7 Å². The normalized spacial score (nSPS) is 10.9. The molecule has 2 heterocycles. The van der Waals surface area contributed by atoms with Crippen molar-refractivity contribution in [2.24, 2.45) is 0 Å². The summed E-state index contributed by atoms with van der Waals surface area (Å²) in [7, 11) is 0. The molecule has 3 rings (SSSR count). The summed E-state index contributed by atoms with van der Waals surface area (Å²) in [4.78, 5) is 15.1. The van der Waals surface area contributed by atoms with Gasteiger partial charge in [0, 0.05) is 6.20 Å². The van der Waals surface area contributed by atoms with E-state index in [2.05, 4.69) is 4.98 Å². The number of pyridine rings is 1. The van der Waals surface area contributed by atoms with Crippen molar-refractivity contribution in [3.05, 3.63) is 59.1 Å². The molecule has 1 aromatic carbocycles. The van der Waals surface area contributed by atoms with E-state index in [0.29, 0.717) is 16.9 Å². The minimum Gasteiger partial charge on any atom is -0.478 e. The van der Waals surface area contributed by atoms with Gasteiger partial charge in [0.1, 0.15) is 11.6 Å².